The second kappa shape index (κ2) is 6.09. The summed E-state index contributed by atoms with van der Waals surface area (Å²) in [5.41, 5.74) is -0.393. The number of nitrogens with one attached hydrogen (secondary N) is 1. The molecule has 1 heterocycles. The lowest BCUT2D eigenvalue weighted by atomic mass is 10.2. The van der Waals surface area contributed by atoms with E-state index >= 15 is 0 Å². The Bertz CT molecular complexity index is 571. The van der Waals surface area contributed by atoms with Gasteiger partial charge in [0.2, 0.25) is 5.91 Å². The van der Waals surface area contributed by atoms with Gasteiger partial charge < -0.3 is 5.32 Å². The summed E-state index contributed by atoms with van der Waals surface area (Å²) < 4.78 is 27.8. The van der Waals surface area contributed by atoms with Crippen molar-refractivity contribution < 1.29 is 18.4 Å². The molecule has 1 fully saturated rings. The average molecular weight is 361 g/mol. The molecule has 0 aromatic heterocycles. The van der Waals surface area contributed by atoms with Gasteiger partial charge in [-0.05, 0) is 25.5 Å². The van der Waals surface area contributed by atoms with Gasteiger partial charge in [0.1, 0.15) is 23.4 Å². The molecule has 7 heteroatoms. The average Bonchev–Trinajstić information content (AvgIpc) is 2.68. The summed E-state index contributed by atoms with van der Waals surface area (Å²) in [5.74, 6) is -2.41. The number of imide groups is 1. The highest BCUT2D eigenvalue weighted by Gasteiger charge is 2.41. The Kier molecular flexibility index (Phi) is 4.61. The summed E-state index contributed by atoms with van der Waals surface area (Å²) >= 11 is 2.98. The van der Waals surface area contributed by atoms with Crippen molar-refractivity contribution in [3.8, 4) is 0 Å². The van der Waals surface area contributed by atoms with Crippen LogP contribution in [0.1, 0.15) is 26.7 Å². The molecule has 0 radical (unpaired) electrons. The summed E-state index contributed by atoms with van der Waals surface area (Å²) in [4.78, 5) is 25.2. The third-order valence-corrected chi connectivity index (χ3v) is 4.00. The number of hydrogen-bond donors (Lipinski definition) is 1. The summed E-state index contributed by atoms with van der Waals surface area (Å²) in [6.45, 7) is 3.62. The molecule has 114 valence electrons. The quantitative estimate of drug-likeness (QED) is 0.839. The van der Waals surface area contributed by atoms with E-state index in [1.165, 1.54) is 0 Å². The molecule has 1 aromatic carbocycles. The summed E-state index contributed by atoms with van der Waals surface area (Å²) in [7, 11) is 0. The number of hydrogen-bond acceptors (Lipinski definition) is 3. The Balaban J connectivity index is 2.22. The lowest BCUT2D eigenvalue weighted by molar-refractivity contribution is -0.140. The molecule has 1 aromatic rings. The molecule has 4 nitrogen and oxygen atoms in total. The number of likely N-dealkylation sites (tertiary alicyclic amines) is 1. The number of carbonyl (C=O) groups is 2. The normalized spacial score (nSPS) is 20.0. The van der Waals surface area contributed by atoms with Crippen molar-refractivity contribution in [2.24, 2.45) is 0 Å². The van der Waals surface area contributed by atoms with Crippen LogP contribution in [0.25, 0.3) is 0 Å². The molecule has 0 saturated carbocycles. The lowest BCUT2D eigenvalue weighted by Crippen LogP contribution is -2.40. The first-order valence-corrected chi connectivity index (χ1v) is 7.41. The Hall–Kier alpha value is -1.50. The van der Waals surface area contributed by atoms with Crippen molar-refractivity contribution in [1.29, 1.82) is 0 Å². The lowest BCUT2D eigenvalue weighted by Gasteiger charge is -2.22. The van der Waals surface area contributed by atoms with Crippen LogP contribution in [-0.4, -0.2) is 28.8 Å². The largest absolute Gasteiger partial charge is 0.368 e. The summed E-state index contributed by atoms with van der Waals surface area (Å²) in [6.07, 6.45) is 0.531. The van der Waals surface area contributed by atoms with E-state index < -0.39 is 29.3 Å². The molecular formula is C14H15BrF2N2O2. The Morgan fingerprint density at radius 1 is 1.38 bits per heavy atom. The minimum Gasteiger partial charge on any atom is -0.368 e. The maximum Gasteiger partial charge on any atom is 0.252 e. The van der Waals surface area contributed by atoms with Gasteiger partial charge in [-0.15, -0.1) is 0 Å². The molecule has 1 saturated heterocycles. The van der Waals surface area contributed by atoms with Gasteiger partial charge in [0, 0.05) is 10.5 Å². The van der Waals surface area contributed by atoms with Crippen molar-refractivity contribution in [3.05, 3.63) is 28.2 Å². The number of amides is 2. The minimum atomic E-state index is -0.934. The van der Waals surface area contributed by atoms with Crippen LogP contribution >= 0.6 is 15.9 Å². The van der Waals surface area contributed by atoms with E-state index in [1.54, 1.807) is 6.92 Å². The van der Waals surface area contributed by atoms with Crippen LogP contribution in [0.15, 0.2) is 16.6 Å². The summed E-state index contributed by atoms with van der Waals surface area (Å²) in [5, 5.41) is 2.51. The van der Waals surface area contributed by atoms with Gasteiger partial charge >= 0.3 is 0 Å². The van der Waals surface area contributed by atoms with Crippen LogP contribution < -0.4 is 5.32 Å². The van der Waals surface area contributed by atoms with Gasteiger partial charge in [-0.1, -0.05) is 22.9 Å². The van der Waals surface area contributed by atoms with Crippen LogP contribution in [0.5, 0.6) is 0 Å². The number of carbonyl (C=O) groups excluding carboxylic acids is 2. The predicted octanol–water partition coefficient (Wildman–Crippen LogP) is 3.07. The first-order chi connectivity index (χ1) is 9.85. The first kappa shape index (κ1) is 15.9. The predicted molar refractivity (Wildman–Crippen MR) is 77.7 cm³/mol. The molecule has 2 amide bonds. The first-order valence-electron chi connectivity index (χ1n) is 6.62. The number of anilines is 1. The van der Waals surface area contributed by atoms with Gasteiger partial charge in [0.25, 0.3) is 5.91 Å². The topological polar surface area (TPSA) is 49.4 Å². The third kappa shape index (κ3) is 3.07. The fourth-order valence-electron chi connectivity index (χ4n) is 2.26. The van der Waals surface area contributed by atoms with Crippen molar-refractivity contribution in [3.63, 3.8) is 0 Å². The van der Waals surface area contributed by atoms with Crippen molar-refractivity contribution >= 4 is 33.4 Å². The smallest absolute Gasteiger partial charge is 0.252 e. The van der Waals surface area contributed by atoms with Gasteiger partial charge in [-0.25, -0.2) is 8.78 Å². The molecule has 1 aliphatic heterocycles. The van der Waals surface area contributed by atoms with Gasteiger partial charge in [-0.3, -0.25) is 14.5 Å². The zero-order chi connectivity index (χ0) is 15.7. The SMILES string of the molecule is CCC(C)N1C(=O)CC(Nc2c(F)cc(Br)cc2F)C1=O. The van der Waals surface area contributed by atoms with E-state index in [2.05, 4.69) is 21.2 Å². The van der Waals surface area contributed by atoms with Crippen molar-refractivity contribution in [1.82, 2.24) is 4.90 Å². The molecule has 0 aliphatic carbocycles. The zero-order valence-electron chi connectivity index (χ0n) is 11.6. The molecule has 1 N–H and O–H groups in total. The van der Waals surface area contributed by atoms with Gasteiger partial charge in [0.15, 0.2) is 0 Å². The van der Waals surface area contributed by atoms with E-state index in [0.29, 0.717) is 6.42 Å². The Morgan fingerprint density at radius 3 is 2.48 bits per heavy atom. The van der Waals surface area contributed by atoms with Gasteiger partial charge in [0.05, 0.1) is 6.42 Å². The minimum absolute atomic E-state index is 0.0991. The van der Waals surface area contributed by atoms with E-state index in [-0.39, 0.29) is 22.8 Å². The highest BCUT2D eigenvalue weighted by Crippen LogP contribution is 2.27. The summed E-state index contributed by atoms with van der Waals surface area (Å²) in [6, 6.07) is 1.03. The standard InChI is InChI=1S/C14H15BrF2N2O2/c1-3-7(2)19-12(20)6-11(14(19)21)18-13-9(16)4-8(15)5-10(13)17/h4-5,7,11,18H,3,6H2,1-2H3. The maximum atomic E-state index is 13.8. The second-order valence-electron chi connectivity index (χ2n) is 5.00. The van der Waals surface area contributed by atoms with Crippen molar-refractivity contribution in [2.75, 3.05) is 5.32 Å². The van der Waals surface area contributed by atoms with E-state index in [0.717, 1.165) is 17.0 Å². The number of rotatable bonds is 4. The molecule has 0 spiro atoms. The Morgan fingerprint density at radius 2 is 1.95 bits per heavy atom. The number of benzene rings is 1. The molecule has 2 rings (SSSR count). The van der Waals surface area contributed by atoms with E-state index in [9.17, 15) is 18.4 Å². The van der Waals surface area contributed by atoms with Gasteiger partial charge in [-0.2, -0.15) is 0 Å². The number of halogens is 3. The van der Waals surface area contributed by atoms with Crippen LogP contribution in [-0.2, 0) is 9.59 Å². The molecule has 21 heavy (non-hydrogen) atoms. The molecule has 0 bridgehead atoms. The molecular weight excluding hydrogens is 346 g/mol. The second-order valence-corrected chi connectivity index (χ2v) is 5.92. The molecule has 1 aliphatic rings. The molecule has 2 atom stereocenters. The third-order valence-electron chi connectivity index (χ3n) is 3.54. The van der Waals surface area contributed by atoms with Crippen molar-refractivity contribution in [2.45, 2.75) is 38.8 Å². The highest BCUT2D eigenvalue weighted by molar-refractivity contribution is 9.10. The number of nitrogens with zero attached hydrogens (tertiary/aromatic N) is 1. The monoisotopic (exact) mass is 360 g/mol. The van der Waals surface area contributed by atoms with Crippen LogP contribution in [0.4, 0.5) is 14.5 Å². The van der Waals surface area contributed by atoms with Crippen LogP contribution in [0.3, 0.4) is 0 Å². The fraction of sp³-hybridized carbons (Fsp3) is 0.429. The van der Waals surface area contributed by atoms with Crippen LogP contribution in [0, 0.1) is 11.6 Å². The fourth-order valence-corrected chi connectivity index (χ4v) is 2.67. The van der Waals surface area contributed by atoms with E-state index in [4.69, 9.17) is 0 Å². The van der Waals surface area contributed by atoms with E-state index in [1.807, 2.05) is 6.92 Å². The zero-order valence-corrected chi connectivity index (χ0v) is 13.2. The highest BCUT2D eigenvalue weighted by atomic mass is 79.9. The van der Waals surface area contributed by atoms with Crippen LogP contribution in [0.2, 0.25) is 0 Å². The maximum absolute atomic E-state index is 13.8. The molecule has 2 unspecified atom stereocenters. The Labute approximate surface area is 129 Å².